The van der Waals surface area contributed by atoms with Crippen LogP contribution < -0.4 is 9.47 Å². The third kappa shape index (κ3) is 4.89. The summed E-state index contributed by atoms with van der Waals surface area (Å²) in [6.45, 7) is 0.217. The van der Waals surface area contributed by atoms with Gasteiger partial charge in [-0.2, -0.15) is 0 Å². The molecule has 0 bridgehead atoms. The van der Waals surface area contributed by atoms with E-state index in [2.05, 4.69) is 0 Å². The van der Waals surface area contributed by atoms with Crippen LogP contribution in [-0.2, 0) is 22.6 Å². The van der Waals surface area contributed by atoms with E-state index in [9.17, 15) is 4.79 Å². The van der Waals surface area contributed by atoms with E-state index in [1.54, 1.807) is 26.4 Å². The molecule has 0 N–H and O–H groups in total. The van der Waals surface area contributed by atoms with Gasteiger partial charge in [0.1, 0.15) is 6.61 Å². The van der Waals surface area contributed by atoms with Crippen LogP contribution >= 0.6 is 11.6 Å². The number of carbonyl (C=O) groups is 1. The van der Waals surface area contributed by atoms with E-state index in [0.717, 1.165) is 11.1 Å². The number of benzene rings is 2. The fourth-order valence-corrected chi connectivity index (χ4v) is 2.46. The molecule has 2 aromatic rings. The summed E-state index contributed by atoms with van der Waals surface area (Å²) in [5.41, 5.74) is 1.77. The van der Waals surface area contributed by atoms with Gasteiger partial charge in [0.2, 0.25) is 0 Å². The first kappa shape index (κ1) is 17.2. The smallest absolute Gasteiger partial charge is 0.306 e. The number of methoxy groups -OCH3 is 2. The van der Waals surface area contributed by atoms with Gasteiger partial charge in [-0.25, -0.2) is 0 Å². The van der Waals surface area contributed by atoms with Crippen LogP contribution in [0.5, 0.6) is 11.5 Å². The minimum atomic E-state index is -0.269. The Morgan fingerprint density at radius 2 is 1.87 bits per heavy atom. The van der Waals surface area contributed by atoms with Crippen LogP contribution in [0, 0.1) is 0 Å². The number of hydrogen-bond acceptors (Lipinski definition) is 4. The van der Waals surface area contributed by atoms with Gasteiger partial charge in [-0.05, 0) is 35.7 Å². The summed E-state index contributed by atoms with van der Waals surface area (Å²) < 4.78 is 15.9. The van der Waals surface area contributed by atoms with E-state index in [4.69, 9.17) is 25.8 Å². The zero-order valence-electron chi connectivity index (χ0n) is 13.2. The fourth-order valence-electron chi connectivity index (χ4n) is 2.25. The van der Waals surface area contributed by atoms with Crippen molar-refractivity contribution in [3.8, 4) is 11.5 Å². The first-order chi connectivity index (χ1) is 11.1. The van der Waals surface area contributed by atoms with Crippen LogP contribution in [0.25, 0.3) is 0 Å². The molecule has 0 aliphatic heterocycles. The number of ether oxygens (including phenoxy) is 3. The molecule has 0 amide bonds. The largest absolute Gasteiger partial charge is 0.493 e. The highest BCUT2D eigenvalue weighted by molar-refractivity contribution is 6.30. The molecule has 0 saturated heterocycles. The highest BCUT2D eigenvalue weighted by atomic mass is 35.5. The molecule has 0 aliphatic carbocycles. The Balaban J connectivity index is 1.89. The summed E-state index contributed by atoms with van der Waals surface area (Å²) in [6, 6.07) is 12.8. The van der Waals surface area contributed by atoms with E-state index in [0.29, 0.717) is 22.9 Å². The Morgan fingerprint density at radius 1 is 1.09 bits per heavy atom. The molecular formula is C18H19ClO4. The van der Waals surface area contributed by atoms with Crippen molar-refractivity contribution in [2.45, 2.75) is 19.4 Å². The SMILES string of the molecule is COc1cccc(CCC(=O)OCc2cccc(Cl)c2)c1OC. The van der Waals surface area contributed by atoms with Crippen molar-refractivity contribution in [1.29, 1.82) is 0 Å². The third-order valence-electron chi connectivity index (χ3n) is 3.37. The summed E-state index contributed by atoms with van der Waals surface area (Å²) in [7, 11) is 3.17. The summed E-state index contributed by atoms with van der Waals surface area (Å²) in [6.07, 6.45) is 0.791. The fraction of sp³-hybridized carbons (Fsp3) is 0.278. The lowest BCUT2D eigenvalue weighted by Gasteiger charge is -2.12. The molecular weight excluding hydrogens is 316 g/mol. The average molecular weight is 335 g/mol. The minimum absolute atomic E-state index is 0.217. The van der Waals surface area contributed by atoms with Crippen molar-refractivity contribution in [2.75, 3.05) is 14.2 Å². The molecule has 0 aromatic heterocycles. The van der Waals surface area contributed by atoms with Crippen molar-refractivity contribution in [3.05, 3.63) is 58.6 Å². The van der Waals surface area contributed by atoms with Crippen molar-refractivity contribution in [2.24, 2.45) is 0 Å². The second kappa shape index (κ2) is 8.44. The lowest BCUT2D eigenvalue weighted by molar-refractivity contribution is -0.144. The van der Waals surface area contributed by atoms with E-state index in [1.165, 1.54) is 0 Å². The zero-order valence-corrected chi connectivity index (χ0v) is 13.9. The van der Waals surface area contributed by atoms with E-state index in [1.807, 2.05) is 30.3 Å². The van der Waals surface area contributed by atoms with Gasteiger partial charge in [-0.1, -0.05) is 35.9 Å². The first-order valence-corrected chi connectivity index (χ1v) is 7.61. The molecule has 122 valence electrons. The van der Waals surface area contributed by atoms with Crippen LogP contribution in [0.2, 0.25) is 5.02 Å². The Kier molecular flexibility index (Phi) is 6.29. The molecule has 0 radical (unpaired) electrons. The minimum Gasteiger partial charge on any atom is -0.493 e. The van der Waals surface area contributed by atoms with Crippen molar-refractivity contribution >= 4 is 17.6 Å². The van der Waals surface area contributed by atoms with Gasteiger partial charge in [0.25, 0.3) is 0 Å². The maximum atomic E-state index is 11.9. The predicted molar refractivity (Wildman–Crippen MR) is 89.1 cm³/mol. The Morgan fingerprint density at radius 3 is 2.57 bits per heavy atom. The summed E-state index contributed by atoms with van der Waals surface area (Å²) in [5.74, 6) is 1.03. The number of halogens is 1. The molecule has 2 aromatic carbocycles. The Labute approximate surface area is 140 Å². The van der Waals surface area contributed by atoms with Crippen molar-refractivity contribution in [1.82, 2.24) is 0 Å². The van der Waals surface area contributed by atoms with E-state index in [-0.39, 0.29) is 19.0 Å². The van der Waals surface area contributed by atoms with E-state index >= 15 is 0 Å². The van der Waals surface area contributed by atoms with Gasteiger partial charge in [0.05, 0.1) is 14.2 Å². The first-order valence-electron chi connectivity index (χ1n) is 7.24. The lowest BCUT2D eigenvalue weighted by atomic mass is 10.1. The lowest BCUT2D eigenvalue weighted by Crippen LogP contribution is -2.06. The van der Waals surface area contributed by atoms with Crippen LogP contribution in [0.15, 0.2) is 42.5 Å². The van der Waals surface area contributed by atoms with Crippen molar-refractivity contribution < 1.29 is 19.0 Å². The monoisotopic (exact) mass is 334 g/mol. The van der Waals surface area contributed by atoms with Crippen molar-refractivity contribution in [3.63, 3.8) is 0 Å². The maximum Gasteiger partial charge on any atom is 0.306 e. The molecule has 0 unspecified atom stereocenters. The topological polar surface area (TPSA) is 44.8 Å². The highest BCUT2D eigenvalue weighted by Crippen LogP contribution is 2.31. The Hall–Kier alpha value is -2.20. The standard InChI is InChI=1S/C18H19ClO4/c1-21-16-8-4-6-14(18(16)22-2)9-10-17(20)23-12-13-5-3-7-15(19)11-13/h3-8,11H,9-10,12H2,1-2H3. The molecule has 5 heteroatoms. The van der Waals surface area contributed by atoms with Crippen LogP contribution in [0.1, 0.15) is 17.5 Å². The second-order valence-electron chi connectivity index (χ2n) is 4.94. The molecule has 0 saturated carbocycles. The Bertz CT molecular complexity index is 670. The normalized spacial score (nSPS) is 10.2. The molecule has 0 aliphatic rings. The number of carbonyl (C=O) groups excluding carboxylic acids is 1. The molecule has 4 nitrogen and oxygen atoms in total. The number of para-hydroxylation sites is 1. The highest BCUT2D eigenvalue weighted by Gasteiger charge is 2.12. The van der Waals surface area contributed by atoms with Gasteiger partial charge in [0.15, 0.2) is 11.5 Å². The summed E-state index contributed by atoms with van der Waals surface area (Å²) >= 11 is 5.90. The summed E-state index contributed by atoms with van der Waals surface area (Å²) in [5, 5.41) is 0.625. The summed E-state index contributed by atoms with van der Waals surface area (Å²) in [4.78, 5) is 11.9. The number of esters is 1. The quantitative estimate of drug-likeness (QED) is 0.717. The molecule has 0 heterocycles. The predicted octanol–water partition coefficient (Wildman–Crippen LogP) is 4.03. The van der Waals surface area contributed by atoms with Crippen LogP contribution in [-0.4, -0.2) is 20.2 Å². The van der Waals surface area contributed by atoms with Gasteiger partial charge in [0, 0.05) is 11.4 Å². The second-order valence-corrected chi connectivity index (χ2v) is 5.38. The van der Waals surface area contributed by atoms with Gasteiger partial charge in [-0.3, -0.25) is 4.79 Å². The average Bonchev–Trinajstić information content (AvgIpc) is 2.57. The number of rotatable bonds is 7. The molecule has 2 rings (SSSR count). The molecule has 0 fully saturated rings. The third-order valence-corrected chi connectivity index (χ3v) is 3.61. The molecule has 0 spiro atoms. The van der Waals surface area contributed by atoms with Gasteiger partial charge < -0.3 is 14.2 Å². The molecule has 0 atom stereocenters. The molecule has 23 heavy (non-hydrogen) atoms. The van der Waals surface area contributed by atoms with Gasteiger partial charge >= 0.3 is 5.97 Å². The van der Waals surface area contributed by atoms with Gasteiger partial charge in [-0.15, -0.1) is 0 Å². The number of aryl methyl sites for hydroxylation is 1. The zero-order chi connectivity index (χ0) is 16.7. The van der Waals surface area contributed by atoms with Crippen LogP contribution in [0.4, 0.5) is 0 Å². The maximum absolute atomic E-state index is 11.9. The van der Waals surface area contributed by atoms with Crippen LogP contribution in [0.3, 0.4) is 0 Å². The van der Waals surface area contributed by atoms with E-state index < -0.39 is 0 Å². The number of hydrogen-bond donors (Lipinski definition) is 0.